The zero-order valence-electron chi connectivity index (χ0n) is 18.3. The number of carboxylic acid groups (broad SMARTS) is 1. The number of hydrogen-bond acceptors (Lipinski definition) is 7. The van der Waals surface area contributed by atoms with E-state index in [0.29, 0.717) is 32.5 Å². The van der Waals surface area contributed by atoms with Crippen LogP contribution < -0.4 is 9.62 Å². The topological polar surface area (TPSA) is 126 Å². The van der Waals surface area contributed by atoms with Crippen molar-refractivity contribution in [2.75, 3.05) is 29.3 Å². The highest BCUT2D eigenvalue weighted by atomic mass is 32.2. The fourth-order valence-electron chi connectivity index (χ4n) is 3.81. The van der Waals surface area contributed by atoms with Gasteiger partial charge >= 0.3 is 11.9 Å². The number of piperidine rings is 1. The molecule has 0 spiro atoms. The zero-order chi connectivity index (χ0) is 23.5. The van der Waals surface area contributed by atoms with Gasteiger partial charge in [0, 0.05) is 13.1 Å². The van der Waals surface area contributed by atoms with Crippen molar-refractivity contribution in [1.29, 1.82) is 0 Å². The highest BCUT2D eigenvalue weighted by Crippen LogP contribution is 2.28. The van der Waals surface area contributed by atoms with Crippen molar-refractivity contribution in [3.05, 3.63) is 47.2 Å². The second-order valence-electron chi connectivity index (χ2n) is 7.84. The molecule has 9 nitrogen and oxygen atoms in total. The van der Waals surface area contributed by atoms with Gasteiger partial charge in [0.1, 0.15) is 11.4 Å². The van der Waals surface area contributed by atoms with Crippen LogP contribution in [0.2, 0.25) is 0 Å². The molecule has 0 amide bonds. The number of anilines is 2. The Morgan fingerprint density at radius 3 is 2.34 bits per heavy atom. The van der Waals surface area contributed by atoms with Gasteiger partial charge in [0.2, 0.25) is 0 Å². The lowest BCUT2D eigenvalue weighted by Gasteiger charge is -2.32. The average Bonchev–Trinajstić information content (AvgIpc) is 2.73. The maximum atomic E-state index is 12.8. The predicted octanol–water partition coefficient (Wildman–Crippen LogP) is 2.98. The Balaban J connectivity index is 1.81. The lowest BCUT2D eigenvalue weighted by atomic mass is 9.96. The van der Waals surface area contributed by atoms with Crippen molar-refractivity contribution in [2.24, 2.45) is 5.92 Å². The molecule has 10 heteroatoms. The van der Waals surface area contributed by atoms with Gasteiger partial charge in [-0.25, -0.2) is 18.2 Å². The van der Waals surface area contributed by atoms with Crippen molar-refractivity contribution in [1.82, 2.24) is 4.98 Å². The lowest BCUT2D eigenvalue weighted by Crippen LogP contribution is -2.38. The Morgan fingerprint density at radius 2 is 1.78 bits per heavy atom. The minimum Gasteiger partial charge on any atom is -0.478 e. The summed E-state index contributed by atoms with van der Waals surface area (Å²) in [7, 11) is -3.91. The Hall–Kier alpha value is -3.14. The normalized spacial score (nSPS) is 14.8. The van der Waals surface area contributed by atoms with Gasteiger partial charge in [-0.3, -0.25) is 9.52 Å². The number of carbonyl (C=O) groups is 2. The molecule has 1 aliphatic heterocycles. The van der Waals surface area contributed by atoms with E-state index in [-0.39, 0.29) is 33.9 Å². The van der Waals surface area contributed by atoms with Crippen LogP contribution in [0.3, 0.4) is 0 Å². The van der Waals surface area contributed by atoms with Gasteiger partial charge in [-0.15, -0.1) is 0 Å². The van der Waals surface area contributed by atoms with Gasteiger partial charge in [-0.2, -0.15) is 0 Å². The quantitative estimate of drug-likeness (QED) is 0.603. The summed E-state index contributed by atoms with van der Waals surface area (Å²) in [5.41, 5.74) is 1.56. The van der Waals surface area contributed by atoms with Crippen LogP contribution in [-0.2, 0) is 19.6 Å². The third-order valence-electron chi connectivity index (χ3n) is 5.27. The number of aryl methyl sites for hydroxylation is 2. The molecule has 2 aromatic rings. The van der Waals surface area contributed by atoms with E-state index in [2.05, 4.69) is 9.71 Å². The number of ether oxygens (including phenoxy) is 1. The van der Waals surface area contributed by atoms with Crippen molar-refractivity contribution >= 4 is 33.5 Å². The maximum Gasteiger partial charge on any atom is 0.339 e. The Kier molecular flexibility index (Phi) is 7.02. The van der Waals surface area contributed by atoms with Crippen molar-refractivity contribution < 1.29 is 27.9 Å². The van der Waals surface area contributed by atoms with Crippen LogP contribution in [0.1, 0.15) is 41.3 Å². The zero-order valence-corrected chi connectivity index (χ0v) is 19.1. The number of nitrogens with zero attached hydrogens (tertiary/aromatic N) is 2. The minimum atomic E-state index is -3.91. The van der Waals surface area contributed by atoms with E-state index in [1.54, 1.807) is 37.8 Å². The van der Waals surface area contributed by atoms with E-state index in [1.807, 2.05) is 6.07 Å². The first-order valence-electron chi connectivity index (χ1n) is 10.4. The van der Waals surface area contributed by atoms with Gasteiger partial charge in [0.15, 0.2) is 0 Å². The van der Waals surface area contributed by atoms with Gasteiger partial charge in [0.05, 0.1) is 29.3 Å². The first kappa shape index (κ1) is 23.5. The second kappa shape index (κ2) is 9.56. The van der Waals surface area contributed by atoms with Crippen LogP contribution in [0, 0.1) is 19.8 Å². The van der Waals surface area contributed by atoms with E-state index in [1.165, 1.54) is 12.3 Å². The molecule has 2 heterocycles. The SMILES string of the molecule is CCOC(=O)C1CCN(c2ncc(NS(=O)(=O)c3cc(C)cc(C)c3)cc2C(=O)O)CC1. The molecule has 0 atom stereocenters. The summed E-state index contributed by atoms with van der Waals surface area (Å²) in [5, 5.41) is 9.70. The lowest BCUT2D eigenvalue weighted by molar-refractivity contribution is -0.148. The molecular formula is C22H27N3O6S. The summed E-state index contributed by atoms with van der Waals surface area (Å²) in [4.78, 5) is 30.0. The van der Waals surface area contributed by atoms with Crippen LogP contribution >= 0.6 is 0 Å². The average molecular weight is 462 g/mol. The molecule has 0 saturated carbocycles. The number of sulfonamides is 1. The van der Waals surface area contributed by atoms with Crippen LogP contribution in [0.5, 0.6) is 0 Å². The molecular weight excluding hydrogens is 434 g/mol. The fourth-order valence-corrected chi connectivity index (χ4v) is 5.03. The fraction of sp³-hybridized carbons (Fsp3) is 0.409. The molecule has 0 aliphatic carbocycles. The van der Waals surface area contributed by atoms with E-state index in [0.717, 1.165) is 11.1 Å². The first-order chi connectivity index (χ1) is 15.1. The standard InChI is InChI=1S/C22H27N3O6S/c1-4-31-22(28)16-5-7-25(8-6-16)20-19(21(26)27)12-17(13-23-20)24-32(29,30)18-10-14(2)9-15(3)11-18/h9-13,16,24H,4-8H2,1-3H3,(H,26,27). The van der Waals surface area contributed by atoms with Gasteiger partial charge in [0.25, 0.3) is 10.0 Å². The number of nitrogens with one attached hydrogen (secondary N) is 1. The number of carbonyl (C=O) groups excluding carboxylic acids is 1. The number of pyridine rings is 1. The van der Waals surface area contributed by atoms with Crippen LogP contribution in [0.25, 0.3) is 0 Å². The van der Waals surface area contributed by atoms with Crippen LogP contribution in [0.15, 0.2) is 35.4 Å². The third-order valence-corrected chi connectivity index (χ3v) is 6.63. The van der Waals surface area contributed by atoms with Crippen molar-refractivity contribution in [3.8, 4) is 0 Å². The second-order valence-corrected chi connectivity index (χ2v) is 9.52. The molecule has 3 rings (SSSR count). The molecule has 1 aromatic heterocycles. The number of carboxylic acids is 1. The smallest absolute Gasteiger partial charge is 0.339 e. The van der Waals surface area contributed by atoms with Crippen molar-refractivity contribution in [2.45, 2.75) is 38.5 Å². The molecule has 1 aliphatic rings. The van der Waals surface area contributed by atoms with Crippen molar-refractivity contribution in [3.63, 3.8) is 0 Å². The predicted molar refractivity (Wildman–Crippen MR) is 119 cm³/mol. The van der Waals surface area contributed by atoms with Crippen LogP contribution in [0.4, 0.5) is 11.5 Å². The number of benzene rings is 1. The number of hydrogen-bond donors (Lipinski definition) is 2. The third kappa shape index (κ3) is 5.37. The van der Waals surface area contributed by atoms with Gasteiger partial charge in [-0.05, 0) is 62.9 Å². The van der Waals surface area contributed by atoms with E-state index in [9.17, 15) is 23.1 Å². The molecule has 32 heavy (non-hydrogen) atoms. The highest BCUT2D eigenvalue weighted by Gasteiger charge is 2.29. The van der Waals surface area contributed by atoms with E-state index < -0.39 is 16.0 Å². The number of rotatable bonds is 7. The first-order valence-corrected chi connectivity index (χ1v) is 11.8. The van der Waals surface area contributed by atoms with Gasteiger partial charge in [-0.1, -0.05) is 6.07 Å². The largest absolute Gasteiger partial charge is 0.478 e. The molecule has 1 fully saturated rings. The highest BCUT2D eigenvalue weighted by molar-refractivity contribution is 7.92. The molecule has 2 N–H and O–H groups in total. The molecule has 1 aromatic carbocycles. The summed E-state index contributed by atoms with van der Waals surface area (Å²) in [5.74, 6) is -1.43. The molecule has 0 radical (unpaired) electrons. The summed E-state index contributed by atoms with van der Waals surface area (Å²) in [6, 6.07) is 6.22. The Bertz CT molecular complexity index is 1100. The summed E-state index contributed by atoms with van der Waals surface area (Å²) < 4.78 is 33.1. The number of aromatic nitrogens is 1. The van der Waals surface area contributed by atoms with Gasteiger partial charge < -0.3 is 14.7 Å². The molecule has 172 valence electrons. The summed E-state index contributed by atoms with van der Waals surface area (Å²) in [6.45, 7) is 6.58. The summed E-state index contributed by atoms with van der Waals surface area (Å²) in [6.07, 6.45) is 2.36. The molecule has 1 saturated heterocycles. The number of aromatic carboxylic acids is 1. The maximum absolute atomic E-state index is 12.8. The summed E-state index contributed by atoms with van der Waals surface area (Å²) >= 11 is 0. The minimum absolute atomic E-state index is 0.0618. The van der Waals surface area contributed by atoms with E-state index in [4.69, 9.17) is 4.74 Å². The Morgan fingerprint density at radius 1 is 1.16 bits per heavy atom. The van der Waals surface area contributed by atoms with Crippen LogP contribution in [-0.4, -0.2) is 50.1 Å². The van der Waals surface area contributed by atoms with E-state index >= 15 is 0 Å². The monoisotopic (exact) mass is 461 g/mol. The number of esters is 1. The Labute approximate surface area is 187 Å². The molecule has 0 bridgehead atoms. The molecule has 0 unspecified atom stereocenters.